The van der Waals surface area contributed by atoms with Gasteiger partial charge in [0.1, 0.15) is 11.2 Å². The maximum absolute atomic E-state index is 12.1. The summed E-state index contributed by atoms with van der Waals surface area (Å²) >= 11 is 11.7. The summed E-state index contributed by atoms with van der Waals surface area (Å²) in [6, 6.07) is 14.6. The third-order valence-corrected chi connectivity index (χ3v) is 4.12. The maximum Gasteiger partial charge on any atom is 0.338 e. The molecule has 0 bridgehead atoms. The standard InChI is InChI=1S/C19H11Cl2N3O3/c20-15-8-14(4-1-13(15)9-22)23-18(25)10-27-19(26)12-2-5-16-11(7-12)3-6-17(21)24-16/h1-8H,10H2,(H,23,25). The molecule has 0 saturated heterocycles. The number of benzene rings is 2. The van der Waals surface area contributed by atoms with Gasteiger partial charge in [0.05, 0.1) is 21.7 Å². The van der Waals surface area contributed by atoms with Crippen LogP contribution in [-0.4, -0.2) is 23.5 Å². The van der Waals surface area contributed by atoms with Crippen molar-refractivity contribution in [3.63, 3.8) is 0 Å². The van der Waals surface area contributed by atoms with Gasteiger partial charge in [0.2, 0.25) is 0 Å². The van der Waals surface area contributed by atoms with Gasteiger partial charge in [-0.3, -0.25) is 4.79 Å². The lowest BCUT2D eigenvalue weighted by atomic mass is 10.1. The molecule has 0 aliphatic heterocycles. The van der Waals surface area contributed by atoms with E-state index in [-0.39, 0.29) is 5.02 Å². The number of nitriles is 1. The van der Waals surface area contributed by atoms with E-state index in [0.717, 1.165) is 5.39 Å². The number of halogens is 2. The molecule has 0 unspecified atom stereocenters. The molecule has 1 aromatic heterocycles. The predicted molar refractivity (Wildman–Crippen MR) is 102 cm³/mol. The molecule has 2 aromatic carbocycles. The van der Waals surface area contributed by atoms with Gasteiger partial charge in [-0.25, -0.2) is 9.78 Å². The molecule has 0 aliphatic carbocycles. The Bertz CT molecular complexity index is 1090. The average molecular weight is 400 g/mol. The number of nitrogens with one attached hydrogen (secondary N) is 1. The van der Waals surface area contributed by atoms with Crippen LogP contribution in [0.5, 0.6) is 0 Å². The highest BCUT2D eigenvalue weighted by molar-refractivity contribution is 6.32. The topological polar surface area (TPSA) is 92.1 Å². The highest BCUT2D eigenvalue weighted by Crippen LogP contribution is 2.20. The zero-order chi connectivity index (χ0) is 19.4. The van der Waals surface area contributed by atoms with Crippen molar-refractivity contribution in [2.24, 2.45) is 0 Å². The summed E-state index contributed by atoms with van der Waals surface area (Å²) in [5.74, 6) is -1.17. The van der Waals surface area contributed by atoms with E-state index in [0.29, 0.717) is 27.5 Å². The number of amides is 1. The summed E-state index contributed by atoms with van der Waals surface area (Å²) in [7, 11) is 0. The lowest BCUT2D eigenvalue weighted by Gasteiger charge is -2.08. The number of hydrogen-bond donors (Lipinski definition) is 1. The van der Waals surface area contributed by atoms with Crippen molar-refractivity contribution < 1.29 is 14.3 Å². The van der Waals surface area contributed by atoms with Crippen molar-refractivity contribution in [1.82, 2.24) is 4.98 Å². The number of ether oxygens (including phenoxy) is 1. The Kier molecular flexibility index (Phi) is 5.55. The number of carbonyl (C=O) groups is 2. The van der Waals surface area contributed by atoms with Gasteiger partial charge in [-0.05, 0) is 48.5 Å². The smallest absolute Gasteiger partial charge is 0.338 e. The number of fused-ring (bicyclic) bond motifs is 1. The number of nitrogens with zero attached hydrogens (tertiary/aromatic N) is 2. The molecule has 0 saturated carbocycles. The van der Waals surface area contributed by atoms with Crippen LogP contribution in [0.2, 0.25) is 10.2 Å². The molecule has 0 radical (unpaired) electrons. The van der Waals surface area contributed by atoms with E-state index in [1.807, 2.05) is 6.07 Å². The summed E-state index contributed by atoms with van der Waals surface area (Å²) in [6.07, 6.45) is 0. The van der Waals surface area contributed by atoms with E-state index >= 15 is 0 Å². The molecule has 1 N–H and O–H groups in total. The first-order valence-electron chi connectivity index (χ1n) is 7.69. The number of carbonyl (C=O) groups excluding carboxylic acids is 2. The molecule has 0 atom stereocenters. The van der Waals surface area contributed by atoms with Crippen LogP contribution in [0.15, 0.2) is 48.5 Å². The van der Waals surface area contributed by atoms with E-state index in [4.69, 9.17) is 33.2 Å². The Morgan fingerprint density at radius 1 is 1.11 bits per heavy atom. The number of rotatable bonds is 4. The molecular formula is C19H11Cl2N3O3. The minimum Gasteiger partial charge on any atom is -0.452 e. The van der Waals surface area contributed by atoms with Crippen molar-refractivity contribution in [2.45, 2.75) is 0 Å². The molecule has 134 valence electrons. The van der Waals surface area contributed by atoms with Crippen LogP contribution >= 0.6 is 23.2 Å². The van der Waals surface area contributed by atoms with Crippen molar-refractivity contribution in [2.75, 3.05) is 11.9 Å². The highest BCUT2D eigenvalue weighted by Gasteiger charge is 2.12. The monoisotopic (exact) mass is 399 g/mol. The zero-order valence-corrected chi connectivity index (χ0v) is 15.2. The molecule has 27 heavy (non-hydrogen) atoms. The van der Waals surface area contributed by atoms with Crippen LogP contribution < -0.4 is 5.32 Å². The SMILES string of the molecule is N#Cc1ccc(NC(=O)COC(=O)c2ccc3nc(Cl)ccc3c2)cc1Cl. The number of aromatic nitrogens is 1. The fourth-order valence-corrected chi connectivity index (χ4v) is 2.70. The Morgan fingerprint density at radius 2 is 1.93 bits per heavy atom. The molecular weight excluding hydrogens is 389 g/mol. The van der Waals surface area contributed by atoms with Gasteiger partial charge in [-0.15, -0.1) is 0 Å². The molecule has 3 rings (SSSR count). The van der Waals surface area contributed by atoms with Crippen LogP contribution in [-0.2, 0) is 9.53 Å². The van der Waals surface area contributed by atoms with Crippen LogP contribution in [0.25, 0.3) is 10.9 Å². The second-order valence-corrected chi connectivity index (χ2v) is 6.27. The Balaban J connectivity index is 1.61. The van der Waals surface area contributed by atoms with Gasteiger partial charge in [-0.2, -0.15) is 5.26 Å². The Labute approximate surface area is 164 Å². The maximum atomic E-state index is 12.1. The number of anilines is 1. The number of esters is 1. The van der Waals surface area contributed by atoms with E-state index in [1.54, 1.807) is 30.3 Å². The van der Waals surface area contributed by atoms with Gasteiger partial charge in [-0.1, -0.05) is 23.2 Å². The fraction of sp³-hybridized carbons (Fsp3) is 0.0526. The minimum atomic E-state index is -0.639. The Morgan fingerprint density at radius 3 is 2.67 bits per heavy atom. The molecule has 1 heterocycles. The molecule has 8 heteroatoms. The third kappa shape index (κ3) is 4.53. The average Bonchev–Trinajstić information content (AvgIpc) is 2.66. The van der Waals surface area contributed by atoms with Gasteiger partial charge in [0.15, 0.2) is 6.61 Å². The summed E-state index contributed by atoms with van der Waals surface area (Å²) in [6.45, 7) is -0.465. The third-order valence-electron chi connectivity index (χ3n) is 3.60. The normalized spacial score (nSPS) is 10.3. The quantitative estimate of drug-likeness (QED) is 0.523. The van der Waals surface area contributed by atoms with E-state index in [1.165, 1.54) is 18.2 Å². The lowest BCUT2D eigenvalue weighted by molar-refractivity contribution is -0.119. The summed E-state index contributed by atoms with van der Waals surface area (Å²) in [5, 5.41) is 12.7. The van der Waals surface area contributed by atoms with Crippen LogP contribution in [0, 0.1) is 11.3 Å². The first-order chi connectivity index (χ1) is 13.0. The van der Waals surface area contributed by atoms with Gasteiger partial charge >= 0.3 is 5.97 Å². The second-order valence-electron chi connectivity index (χ2n) is 5.47. The van der Waals surface area contributed by atoms with E-state index in [9.17, 15) is 9.59 Å². The first kappa shape index (κ1) is 18.6. The molecule has 0 fully saturated rings. The van der Waals surface area contributed by atoms with Crippen molar-refractivity contribution in [3.05, 3.63) is 69.8 Å². The summed E-state index contributed by atoms with van der Waals surface area (Å²) in [5.41, 5.74) is 1.64. The number of pyridine rings is 1. The van der Waals surface area contributed by atoms with Gasteiger partial charge in [0, 0.05) is 11.1 Å². The van der Waals surface area contributed by atoms with Gasteiger partial charge < -0.3 is 10.1 Å². The highest BCUT2D eigenvalue weighted by atomic mass is 35.5. The fourth-order valence-electron chi connectivity index (χ4n) is 2.32. The van der Waals surface area contributed by atoms with Crippen molar-refractivity contribution in [1.29, 1.82) is 5.26 Å². The molecule has 3 aromatic rings. The van der Waals surface area contributed by atoms with E-state index < -0.39 is 18.5 Å². The Hall–Kier alpha value is -3.14. The van der Waals surface area contributed by atoms with Crippen molar-refractivity contribution in [3.8, 4) is 6.07 Å². The lowest BCUT2D eigenvalue weighted by Crippen LogP contribution is -2.21. The van der Waals surface area contributed by atoms with Crippen LogP contribution in [0.4, 0.5) is 5.69 Å². The molecule has 0 spiro atoms. The predicted octanol–water partition coefficient (Wildman–Crippen LogP) is 4.21. The zero-order valence-electron chi connectivity index (χ0n) is 13.7. The van der Waals surface area contributed by atoms with Crippen molar-refractivity contribution >= 4 is 51.7 Å². The van der Waals surface area contributed by atoms with E-state index in [2.05, 4.69) is 10.3 Å². The summed E-state index contributed by atoms with van der Waals surface area (Å²) in [4.78, 5) is 28.2. The molecule has 6 nitrogen and oxygen atoms in total. The minimum absolute atomic E-state index is 0.220. The first-order valence-corrected chi connectivity index (χ1v) is 8.45. The second kappa shape index (κ2) is 8.04. The van der Waals surface area contributed by atoms with Gasteiger partial charge in [0.25, 0.3) is 5.91 Å². The van der Waals surface area contributed by atoms with Crippen LogP contribution in [0.3, 0.4) is 0 Å². The van der Waals surface area contributed by atoms with Crippen LogP contribution in [0.1, 0.15) is 15.9 Å². The number of hydrogen-bond acceptors (Lipinski definition) is 5. The summed E-state index contributed by atoms with van der Waals surface area (Å²) < 4.78 is 5.03. The molecule has 1 amide bonds. The largest absolute Gasteiger partial charge is 0.452 e. The molecule has 0 aliphatic rings.